The van der Waals surface area contributed by atoms with E-state index in [0.29, 0.717) is 6.54 Å². The quantitative estimate of drug-likeness (QED) is 0.637. The Bertz CT molecular complexity index is 539. The van der Waals surface area contributed by atoms with Gasteiger partial charge in [0.15, 0.2) is 0 Å². The molecule has 126 valence electrons. The van der Waals surface area contributed by atoms with Crippen molar-refractivity contribution in [3.8, 4) is 0 Å². The lowest BCUT2D eigenvalue weighted by Crippen LogP contribution is -2.54. The van der Waals surface area contributed by atoms with Crippen LogP contribution in [0.15, 0.2) is 24.3 Å². The zero-order valence-electron chi connectivity index (χ0n) is 13.7. The van der Waals surface area contributed by atoms with E-state index in [1.54, 1.807) is 12.1 Å². The number of nitro benzene ring substituents is 1. The van der Waals surface area contributed by atoms with Gasteiger partial charge in [-0.2, -0.15) is 0 Å². The number of carbonyl (C=O) groups is 1. The molecule has 0 aliphatic carbocycles. The van der Waals surface area contributed by atoms with E-state index in [0.717, 1.165) is 38.3 Å². The van der Waals surface area contributed by atoms with Crippen molar-refractivity contribution in [2.24, 2.45) is 0 Å². The minimum atomic E-state index is -0.391. The summed E-state index contributed by atoms with van der Waals surface area (Å²) in [5, 5.41) is 13.6. The third kappa shape index (κ3) is 4.41. The van der Waals surface area contributed by atoms with Crippen LogP contribution < -0.4 is 10.2 Å². The molecule has 1 amide bonds. The summed E-state index contributed by atoms with van der Waals surface area (Å²) in [7, 11) is 0. The predicted molar refractivity (Wildman–Crippen MR) is 89.6 cm³/mol. The largest absolute Gasteiger partial charge is 0.369 e. The zero-order chi connectivity index (χ0) is 16.8. The Labute approximate surface area is 136 Å². The summed E-state index contributed by atoms with van der Waals surface area (Å²) in [4.78, 5) is 26.7. The second kappa shape index (κ2) is 7.92. The van der Waals surface area contributed by atoms with Crippen molar-refractivity contribution in [3.63, 3.8) is 0 Å². The van der Waals surface area contributed by atoms with Gasteiger partial charge in [-0.25, -0.2) is 0 Å². The number of nitro groups is 1. The summed E-state index contributed by atoms with van der Waals surface area (Å²) >= 11 is 0. The highest BCUT2D eigenvalue weighted by molar-refractivity contribution is 5.81. The summed E-state index contributed by atoms with van der Waals surface area (Å²) in [6.45, 7) is 7.91. The van der Waals surface area contributed by atoms with E-state index in [2.05, 4.69) is 15.1 Å². The Kier molecular flexibility index (Phi) is 5.92. The molecular weight excluding hydrogens is 296 g/mol. The first-order chi connectivity index (χ1) is 11.0. The van der Waals surface area contributed by atoms with Crippen LogP contribution in [0.5, 0.6) is 0 Å². The Morgan fingerprint density at radius 3 is 2.39 bits per heavy atom. The fourth-order valence-electron chi connectivity index (χ4n) is 2.71. The molecule has 1 N–H and O–H groups in total. The van der Waals surface area contributed by atoms with E-state index in [-0.39, 0.29) is 17.6 Å². The third-order valence-corrected chi connectivity index (χ3v) is 4.22. The zero-order valence-corrected chi connectivity index (χ0v) is 13.7. The van der Waals surface area contributed by atoms with Gasteiger partial charge >= 0.3 is 0 Å². The first-order valence-electron chi connectivity index (χ1n) is 8.04. The average molecular weight is 320 g/mol. The molecule has 1 fully saturated rings. The molecule has 0 aromatic heterocycles. The van der Waals surface area contributed by atoms with Crippen LogP contribution in [-0.4, -0.2) is 54.5 Å². The molecule has 2 rings (SSSR count). The summed E-state index contributed by atoms with van der Waals surface area (Å²) < 4.78 is 0. The molecule has 1 aromatic rings. The van der Waals surface area contributed by atoms with Crippen molar-refractivity contribution in [1.82, 2.24) is 10.2 Å². The molecule has 1 aromatic carbocycles. The van der Waals surface area contributed by atoms with E-state index in [1.807, 2.05) is 13.8 Å². The normalized spacial score (nSPS) is 16.9. The lowest BCUT2D eigenvalue weighted by Gasteiger charge is -2.38. The molecule has 0 bridgehead atoms. The van der Waals surface area contributed by atoms with Gasteiger partial charge in [0.1, 0.15) is 0 Å². The van der Waals surface area contributed by atoms with Crippen LogP contribution in [-0.2, 0) is 4.79 Å². The van der Waals surface area contributed by atoms with Crippen LogP contribution in [0.25, 0.3) is 0 Å². The van der Waals surface area contributed by atoms with Crippen LogP contribution in [0.2, 0.25) is 0 Å². The smallest absolute Gasteiger partial charge is 0.269 e. The molecule has 1 aliphatic rings. The first-order valence-corrected chi connectivity index (χ1v) is 8.04. The van der Waals surface area contributed by atoms with Crippen molar-refractivity contribution in [2.45, 2.75) is 26.3 Å². The number of nitrogens with one attached hydrogen (secondary N) is 1. The standard InChI is InChI=1S/C16H24N4O3/c1-3-8-17-16(21)13(2)18-9-11-19(12-10-18)14-4-6-15(7-5-14)20(22)23/h4-7,13H,3,8-12H2,1-2H3,(H,17,21)/t13-/m0/s1. The number of benzene rings is 1. The van der Waals surface area contributed by atoms with Gasteiger partial charge in [-0.05, 0) is 25.5 Å². The monoisotopic (exact) mass is 320 g/mol. The maximum absolute atomic E-state index is 12.0. The molecule has 7 nitrogen and oxygen atoms in total. The Hall–Kier alpha value is -2.15. The number of nitrogens with zero attached hydrogens (tertiary/aromatic N) is 3. The second-order valence-corrected chi connectivity index (χ2v) is 5.76. The van der Waals surface area contributed by atoms with Gasteiger partial charge < -0.3 is 10.2 Å². The van der Waals surface area contributed by atoms with Crippen molar-refractivity contribution in [3.05, 3.63) is 34.4 Å². The molecule has 23 heavy (non-hydrogen) atoms. The van der Waals surface area contributed by atoms with Gasteiger partial charge in [0.25, 0.3) is 5.69 Å². The minimum absolute atomic E-state index is 0.0793. The maximum Gasteiger partial charge on any atom is 0.269 e. The molecule has 1 atom stereocenters. The topological polar surface area (TPSA) is 78.7 Å². The number of hydrogen-bond donors (Lipinski definition) is 1. The molecule has 0 radical (unpaired) electrons. The fourth-order valence-corrected chi connectivity index (χ4v) is 2.71. The summed E-state index contributed by atoms with van der Waals surface area (Å²) in [5.41, 5.74) is 1.09. The number of rotatable bonds is 6. The van der Waals surface area contributed by atoms with Crippen molar-refractivity contribution in [1.29, 1.82) is 0 Å². The summed E-state index contributed by atoms with van der Waals surface area (Å²) in [6, 6.07) is 6.50. The van der Waals surface area contributed by atoms with Gasteiger partial charge in [0.2, 0.25) is 5.91 Å². The van der Waals surface area contributed by atoms with Crippen LogP contribution in [0.1, 0.15) is 20.3 Å². The Morgan fingerprint density at radius 1 is 1.26 bits per heavy atom. The van der Waals surface area contributed by atoms with Crippen LogP contribution in [0, 0.1) is 10.1 Å². The molecule has 0 saturated carbocycles. The predicted octanol–water partition coefficient (Wildman–Crippen LogP) is 1.63. The molecule has 7 heteroatoms. The van der Waals surface area contributed by atoms with Crippen molar-refractivity contribution < 1.29 is 9.72 Å². The van der Waals surface area contributed by atoms with Crippen molar-refractivity contribution in [2.75, 3.05) is 37.6 Å². The first kappa shape index (κ1) is 17.2. The van der Waals surface area contributed by atoms with Crippen LogP contribution in [0.3, 0.4) is 0 Å². The number of non-ortho nitro benzene ring substituents is 1. The highest BCUT2D eigenvalue weighted by Gasteiger charge is 2.25. The lowest BCUT2D eigenvalue weighted by atomic mass is 10.2. The second-order valence-electron chi connectivity index (χ2n) is 5.76. The summed E-state index contributed by atoms with van der Waals surface area (Å²) in [5.74, 6) is 0.0793. The Balaban J connectivity index is 1.88. The SMILES string of the molecule is CCCNC(=O)[C@H](C)N1CCN(c2ccc([N+](=O)[O-])cc2)CC1. The van der Waals surface area contributed by atoms with Gasteiger partial charge in [-0.3, -0.25) is 19.8 Å². The van der Waals surface area contributed by atoms with Gasteiger partial charge in [-0.1, -0.05) is 6.92 Å². The van der Waals surface area contributed by atoms with E-state index < -0.39 is 4.92 Å². The highest BCUT2D eigenvalue weighted by Crippen LogP contribution is 2.21. The molecule has 0 spiro atoms. The number of hydrogen-bond acceptors (Lipinski definition) is 5. The van der Waals surface area contributed by atoms with E-state index in [9.17, 15) is 14.9 Å². The number of amides is 1. The van der Waals surface area contributed by atoms with Gasteiger partial charge in [0, 0.05) is 50.5 Å². The number of anilines is 1. The van der Waals surface area contributed by atoms with E-state index in [4.69, 9.17) is 0 Å². The van der Waals surface area contributed by atoms with E-state index >= 15 is 0 Å². The molecular formula is C16H24N4O3. The average Bonchev–Trinajstić information content (AvgIpc) is 2.59. The minimum Gasteiger partial charge on any atom is -0.369 e. The lowest BCUT2D eigenvalue weighted by molar-refractivity contribution is -0.384. The third-order valence-electron chi connectivity index (χ3n) is 4.22. The van der Waals surface area contributed by atoms with Crippen LogP contribution in [0.4, 0.5) is 11.4 Å². The molecule has 1 heterocycles. The van der Waals surface area contributed by atoms with Gasteiger partial charge in [-0.15, -0.1) is 0 Å². The Morgan fingerprint density at radius 2 is 1.87 bits per heavy atom. The van der Waals surface area contributed by atoms with Crippen molar-refractivity contribution >= 4 is 17.3 Å². The van der Waals surface area contributed by atoms with Crippen LogP contribution >= 0.6 is 0 Å². The molecule has 0 unspecified atom stereocenters. The maximum atomic E-state index is 12.0. The van der Waals surface area contributed by atoms with Gasteiger partial charge in [0.05, 0.1) is 11.0 Å². The highest BCUT2D eigenvalue weighted by atomic mass is 16.6. The fraction of sp³-hybridized carbons (Fsp3) is 0.562. The molecule has 1 saturated heterocycles. The number of carbonyl (C=O) groups excluding carboxylic acids is 1. The van der Waals surface area contributed by atoms with E-state index in [1.165, 1.54) is 12.1 Å². The summed E-state index contributed by atoms with van der Waals surface area (Å²) in [6.07, 6.45) is 0.937. The molecule has 1 aliphatic heterocycles. The number of piperazine rings is 1.